The SMILES string of the molecule is O=C(O)C=Cc1ccc(NC(=O)CCl)c(NCC2CCO2)n1. The number of carbonyl (C=O) groups is 2. The maximum atomic E-state index is 11.4. The van der Waals surface area contributed by atoms with Crippen LogP contribution >= 0.6 is 11.6 Å². The van der Waals surface area contributed by atoms with E-state index in [4.69, 9.17) is 21.4 Å². The van der Waals surface area contributed by atoms with Gasteiger partial charge in [-0.2, -0.15) is 0 Å². The van der Waals surface area contributed by atoms with E-state index < -0.39 is 5.97 Å². The number of ether oxygens (including phenoxy) is 1. The van der Waals surface area contributed by atoms with E-state index in [2.05, 4.69) is 15.6 Å². The fourth-order valence-corrected chi connectivity index (χ4v) is 1.87. The number of nitrogens with one attached hydrogen (secondary N) is 2. The highest BCUT2D eigenvalue weighted by Gasteiger charge is 2.18. The topological polar surface area (TPSA) is 101 Å². The van der Waals surface area contributed by atoms with Crippen LogP contribution in [0, 0.1) is 0 Å². The minimum absolute atomic E-state index is 0.122. The van der Waals surface area contributed by atoms with Crippen molar-refractivity contribution in [2.75, 3.05) is 29.7 Å². The molecule has 118 valence electrons. The molecule has 3 N–H and O–H groups in total. The van der Waals surface area contributed by atoms with Crippen LogP contribution in [0.25, 0.3) is 6.08 Å². The van der Waals surface area contributed by atoms with Gasteiger partial charge < -0.3 is 20.5 Å². The molecule has 1 amide bonds. The number of pyridine rings is 1. The van der Waals surface area contributed by atoms with Crippen LogP contribution in [0.15, 0.2) is 18.2 Å². The molecule has 1 unspecified atom stereocenters. The van der Waals surface area contributed by atoms with Crippen molar-refractivity contribution >= 4 is 41.1 Å². The Morgan fingerprint density at radius 2 is 2.27 bits per heavy atom. The summed E-state index contributed by atoms with van der Waals surface area (Å²) < 4.78 is 5.31. The molecule has 8 heteroatoms. The van der Waals surface area contributed by atoms with Crippen LogP contribution in [-0.2, 0) is 14.3 Å². The van der Waals surface area contributed by atoms with Crippen LogP contribution in [0.3, 0.4) is 0 Å². The van der Waals surface area contributed by atoms with Crippen molar-refractivity contribution in [3.8, 4) is 0 Å². The highest BCUT2D eigenvalue weighted by atomic mass is 35.5. The first-order valence-electron chi connectivity index (χ1n) is 6.72. The summed E-state index contributed by atoms with van der Waals surface area (Å²) in [5.41, 5.74) is 0.945. The molecule has 0 bridgehead atoms. The maximum absolute atomic E-state index is 11.4. The van der Waals surface area contributed by atoms with Gasteiger partial charge in [-0.15, -0.1) is 11.6 Å². The maximum Gasteiger partial charge on any atom is 0.328 e. The molecule has 0 saturated carbocycles. The van der Waals surface area contributed by atoms with Gasteiger partial charge in [0.15, 0.2) is 5.82 Å². The first-order valence-corrected chi connectivity index (χ1v) is 7.25. The molecule has 1 aliphatic rings. The number of aliphatic carboxylic acids is 1. The number of carboxylic acids is 1. The lowest BCUT2D eigenvalue weighted by Gasteiger charge is -2.27. The standard InChI is InChI=1S/C14H16ClN3O4/c15-7-12(19)18-11-3-1-9(2-4-13(20)21)17-14(11)16-8-10-5-6-22-10/h1-4,10H,5-8H2,(H,16,17)(H,18,19)(H,20,21). The summed E-state index contributed by atoms with van der Waals surface area (Å²) in [6.45, 7) is 1.31. The molecular formula is C14H16ClN3O4. The number of hydrogen-bond acceptors (Lipinski definition) is 5. The van der Waals surface area contributed by atoms with Crippen molar-refractivity contribution in [3.05, 3.63) is 23.9 Å². The van der Waals surface area contributed by atoms with Gasteiger partial charge in [-0.25, -0.2) is 9.78 Å². The van der Waals surface area contributed by atoms with Gasteiger partial charge in [0.1, 0.15) is 5.88 Å². The Morgan fingerprint density at radius 3 is 2.86 bits per heavy atom. The van der Waals surface area contributed by atoms with Crippen molar-refractivity contribution in [3.63, 3.8) is 0 Å². The lowest BCUT2D eigenvalue weighted by molar-refractivity contribution is -0.131. The third-order valence-corrected chi connectivity index (χ3v) is 3.24. The average molecular weight is 326 g/mol. The molecule has 0 aliphatic carbocycles. The molecule has 1 fully saturated rings. The number of halogens is 1. The summed E-state index contributed by atoms with van der Waals surface area (Å²) in [5, 5.41) is 14.4. The van der Waals surface area contributed by atoms with E-state index in [9.17, 15) is 9.59 Å². The third kappa shape index (κ3) is 4.71. The van der Waals surface area contributed by atoms with Crippen molar-refractivity contribution in [2.24, 2.45) is 0 Å². The van der Waals surface area contributed by atoms with E-state index in [1.54, 1.807) is 12.1 Å². The Hall–Kier alpha value is -2.12. The highest BCUT2D eigenvalue weighted by Crippen LogP contribution is 2.22. The predicted molar refractivity (Wildman–Crippen MR) is 83.1 cm³/mol. The molecule has 1 aromatic heterocycles. The van der Waals surface area contributed by atoms with Crippen LogP contribution in [0.5, 0.6) is 0 Å². The molecule has 0 aromatic carbocycles. The summed E-state index contributed by atoms with van der Waals surface area (Å²) >= 11 is 5.48. The number of rotatable bonds is 7. The number of carbonyl (C=O) groups excluding carboxylic acids is 1. The van der Waals surface area contributed by atoms with Crippen LogP contribution in [-0.4, -0.2) is 47.1 Å². The van der Waals surface area contributed by atoms with Crippen LogP contribution in [0.4, 0.5) is 11.5 Å². The zero-order valence-electron chi connectivity index (χ0n) is 11.7. The van der Waals surface area contributed by atoms with Gasteiger partial charge >= 0.3 is 5.97 Å². The van der Waals surface area contributed by atoms with E-state index in [1.807, 2.05) is 0 Å². The number of alkyl halides is 1. The fourth-order valence-electron chi connectivity index (χ4n) is 1.80. The Labute approximate surface area is 132 Å². The average Bonchev–Trinajstić information content (AvgIpc) is 2.45. The quantitative estimate of drug-likeness (QED) is 0.519. The predicted octanol–water partition coefficient (Wildman–Crippen LogP) is 1.56. The Morgan fingerprint density at radius 1 is 1.50 bits per heavy atom. The normalized spacial score (nSPS) is 17.0. The summed E-state index contributed by atoms with van der Waals surface area (Å²) in [5.74, 6) is -1.12. The van der Waals surface area contributed by atoms with E-state index >= 15 is 0 Å². The molecule has 1 aromatic rings. The first kappa shape index (κ1) is 16.3. The van der Waals surface area contributed by atoms with Crippen molar-refractivity contribution in [1.29, 1.82) is 0 Å². The number of carboxylic acid groups (broad SMARTS) is 1. The van der Waals surface area contributed by atoms with Crippen LogP contribution in [0.2, 0.25) is 0 Å². The van der Waals surface area contributed by atoms with Crippen molar-refractivity contribution in [1.82, 2.24) is 4.98 Å². The molecule has 0 radical (unpaired) electrons. The minimum Gasteiger partial charge on any atom is -0.478 e. The highest BCUT2D eigenvalue weighted by molar-refractivity contribution is 6.29. The Bertz CT molecular complexity index is 587. The second-order valence-corrected chi connectivity index (χ2v) is 4.92. The summed E-state index contributed by atoms with van der Waals surface area (Å²) in [6.07, 6.45) is 3.46. The molecular weight excluding hydrogens is 310 g/mol. The number of hydrogen-bond donors (Lipinski definition) is 3. The minimum atomic E-state index is -1.06. The Kier molecular flexibility index (Phi) is 5.74. The van der Waals surface area contributed by atoms with Gasteiger partial charge in [0, 0.05) is 19.2 Å². The lowest BCUT2D eigenvalue weighted by atomic mass is 10.2. The summed E-state index contributed by atoms with van der Waals surface area (Å²) in [4.78, 5) is 26.3. The van der Waals surface area contributed by atoms with Crippen molar-refractivity contribution in [2.45, 2.75) is 12.5 Å². The molecule has 0 spiro atoms. The second-order valence-electron chi connectivity index (χ2n) is 4.65. The molecule has 1 saturated heterocycles. The zero-order valence-corrected chi connectivity index (χ0v) is 12.5. The van der Waals surface area contributed by atoms with E-state index in [-0.39, 0.29) is 17.9 Å². The smallest absolute Gasteiger partial charge is 0.328 e. The summed E-state index contributed by atoms with van der Waals surface area (Å²) in [7, 11) is 0. The van der Waals surface area contributed by atoms with Crippen molar-refractivity contribution < 1.29 is 19.4 Å². The molecule has 1 atom stereocenters. The van der Waals surface area contributed by atoms with Gasteiger partial charge in [-0.3, -0.25) is 4.79 Å². The van der Waals surface area contributed by atoms with Crippen LogP contribution in [0.1, 0.15) is 12.1 Å². The van der Waals surface area contributed by atoms with Crippen LogP contribution < -0.4 is 10.6 Å². The zero-order chi connectivity index (χ0) is 15.9. The van der Waals surface area contributed by atoms with Gasteiger partial charge in [-0.05, 0) is 24.6 Å². The number of anilines is 2. The molecule has 1 aliphatic heterocycles. The van der Waals surface area contributed by atoms with E-state index in [0.29, 0.717) is 23.7 Å². The number of amides is 1. The fraction of sp³-hybridized carbons (Fsp3) is 0.357. The van der Waals surface area contributed by atoms with E-state index in [1.165, 1.54) is 6.08 Å². The molecule has 7 nitrogen and oxygen atoms in total. The molecule has 2 rings (SSSR count). The van der Waals surface area contributed by atoms with Gasteiger partial charge in [0.05, 0.1) is 17.5 Å². The molecule has 22 heavy (non-hydrogen) atoms. The lowest BCUT2D eigenvalue weighted by Crippen LogP contribution is -2.33. The van der Waals surface area contributed by atoms with Gasteiger partial charge in [-0.1, -0.05) is 0 Å². The first-order chi connectivity index (χ1) is 10.6. The monoisotopic (exact) mass is 325 g/mol. The third-order valence-electron chi connectivity index (χ3n) is 3.00. The largest absolute Gasteiger partial charge is 0.478 e. The number of aromatic nitrogens is 1. The number of nitrogens with zero attached hydrogens (tertiary/aromatic N) is 1. The van der Waals surface area contributed by atoms with Gasteiger partial charge in [0.25, 0.3) is 0 Å². The van der Waals surface area contributed by atoms with Gasteiger partial charge in [0.2, 0.25) is 5.91 Å². The second kappa shape index (κ2) is 7.77. The Balaban J connectivity index is 2.15. The molecule has 2 heterocycles. The van der Waals surface area contributed by atoms with E-state index in [0.717, 1.165) is 19.1 Å². The summed E-state index contributed by atoms with van der Waals surface area (Å²) in [6, 6.07) is 3.25.